The monoisotopic (exact) mass is 284 g/mol. The van der Waals surface area contributed by atoms with Crippen LogP contribution in [0.3, 0.4) is 0 Å². The number of aliphatic hydroxyl groups is 1. The maximum atomic E-state index is 13.2. The Balaban J connectivity index is 2.70. The number of rotatable bonds is 2. The molecule has 1 heterocycles. The smallest absolute Gasteiger partial charge is 0.392 e. The molecule has 1 aromatic carbocycles. The van der Waals surface area contributed by atoms with E-state index < -0.39 is 18.3 Å². The van der Waals surface area contributed by atoms with E-state index >= 15 is 0 Å². The molecule has 3 nitrogen and oxygen atoms in total. The first kappa shape index (κ1) is 14.6. The van der Waals surface area contributed by atoms with Crippen molar-refractivity contribution in [3.63, 3.8) is 0 Å². The molecule has 2 rings (SSSR count). The zero-order valence-corrected chi connectivity index (χ0v) is 11.4. The lowest BCUT2D eigenvalue weighted by atomic mass is 10.1. The Labute approximate surface area is 114 Å². The molecule has 0 bridgehead atoms. The fraction of sp³-hybridized carbons (Fsp3) is 0.357. The van der Waals surface area contributed by atoms with Gasteiger partial charge < -0.3 is 5.11 Å². The molecule has 0 saturated carbocycles. The van der Waals surface area contributed by atoms with Crippen molar-refractivity contribution in [1.29, 1.82) is 0 Å². The van der Waals surface area contributed by atoms with Crippen LogP contribution >= 0.6 is 0 Å². The fourth-order valence-electron chi connectivity index (χ4n) is 2.05. The Bertz CT molecular complexity index is 645. The SMILES string of the molecule is Cc1nn(-c2ccc(CO)cc2C(F)(F)F)c(C)c1C. The van der Waals surface area contributed by atoms with Crippen LogP contribution in [0.2, 0.25) is 0 Å². The first-order valence-corrected chi connectivity index (χ1v) is 6.10. The van der Waals surface area contributed by atoms with Crippen molar-refractivity contribution in [2.75, 3.05) is 0 Å². The number of hydrogen-bond acceptors (Lipinski definition) is 2. The molecule has 0 unspecified atom stereocenters. The summed E-state index contributed by atoms with van der Waals surface area (Å²) >= 11 is 0. The summed E-state index contributed by atoms with van der Waals surface area (Å²) in [4.78, 5) is 0. The molecule has 1 aromatic heterocycles. The van der Waals surface area contributed by atoms with Gasteiger partial charge in [-0.1, -0.05) is 6.07 Å². The van der Waals surface area contributed by atoms with Crippen molar-refractivity contribution >= 4 is 0 Å². The second-order valence-electron chi connectivity index (χ2n) is 4.71. The van der Waals surface area contributed by atoms with Gasteiger partial charge in [0, 0.05) is 5.69 Å². The molecule has 0 aliphatic rings. The van der Waals surface area contributed by atoms with Gasteiger partial charge in [0.1, 0.15) is 0 Å². The topological polar surface area (TPSA) is 38.0 Å². The van der Waals surface area contributed by atoms with Gasteiger partial charge in [-0.2, -0.15) is 18.3 Å². The Morgan fingerprint density at radius 2 is 1.85 bits per heavy atom. The third-order valence-corrected chi connectivity index (χ3v) is 3.43. The van der Waals surface area contributed by atoms with Crippen LogP contribution in [-0.2, 0) is 12.8 Å². The molecule has 0 saturated heterocycles. The number of hydrogen-bond donors (Lipinski definition) is 1. The third-order valence-electron chi connectivity index (χ3n) is 3.43. The summed E-state index contributed by atoms with van der Waals surface area (Å²) < 4.78 is 40.8. The zero-order valence-electron chi connectivity index (χ0n) is 11.4. The van der Waals surface area contributed by atoms with E-state index in [0.29, 0.717) is 11.4 Å². The lowest BCUT2D eigenvalue weighted by Crippen LogP contribution is -2.13. The van der Waals surface area contributed by atoms with Gasteiger partial charge in [0.2, 0.25) is 0 Å². The molecule has 6 heteroatoms. The molecule has 0 atom stereocenters. The highest BCUT2D eigenvalue weighted by Gasteiger charge is 2.35. The van der Waals surface area contributed by atoms with E-state index in [1.165, 1.54) is 16.8 Å². The average Bonchev–Trinajstić information content (AvgIpc) is 2.65. The van der Waals surface area contributed by atoms with E-state index in [0.717, 1.165) is 11.6 Å². The summed E-state index contributed by atoms with van der Waals surface area (Å²) in [6, 6.07) is 3.77. The van der Waals surface area contributed by atoms with Gasteiger partial charge in [-0.05, 0) is 44.0 Å². The largest absolute Gasteiger partial charge is 0.418 e. The van der Waals surface area contributed by atoms with Crippen LogP contribution in [0.4, 0.5) is 13.2 Å². The van der Waals surface area contributed by atoms with Gasteiger partial charge in [0.05, 0.1) is 23.6 Å². The Morgan fingerprint density at radius 1 is 1.20 bits per heavy atom. The van der Waals surface area contributed by atoms with E-state index in [9.17, 15) is 13.2 Å². The van der Waals surface area contributed by atoms with Crippen molar-refractivity contribution in [1.82, 2.24) is 9.78 Å². The maximum Gasteiger partial charge on any atom is 0.418 e. The molecule has 0 aliphatic carbocycles. The lowest BCUT2D eigenvalue weighted by molar-refractivity contribution is -0.137. The van der Waals surface area contributed by atoms with Crippen LogP contribution in [0, 0.1) is 20.8 Å². The average molecular weight is 284 g/mol. The number of nitrogens with zero attached hydrogens (tertiary/aromatic N) is 2. The number of aliphatic hydroxyl groups excluding tert-OH is 1. The molecule has 108 valence electrons. The zero-order chi connectivity index (χ0) is 15.1. The summed E-state index contributed by atoms with van der Waals surface area (Å²) in [6.07, 6.45) is -4.50. The van der Waals surface area contributed by atoms with Crippen LogP contribution in [0.15, 0.2) is 18.2 Å². The molecule has 0 spiro atoms. The van der Waals surface area contributed by atoms with Crippen molar-refractivity contribution in [3.05, 3.63) is 46.3 Å². The quantitative estimate of drug-likeness (QED) is 0.918. The summed E-state index contributed by atoms with van der Waals surface area (Å²) in [7, 11) is 0. The molecule has 0 radical (unpaired) electrons. The van der Waals surface area contributed by atoms with Gasteiger partial charge in [-0.3, -0.25) is 0 Å². The summed E-state index contributed by atoms with van der Waals surface area (Å²) in [5.74, 6) is 0. The van der Waals surface area contributed by atoms with E-state index in [1.807, 2.05) is 6.92 Å². The van der Waals surface area contributed by atoms with Crippen molar-refractivity contribution in [2.45, 2.75) is 33.6 Å². The minimum Gasteiger partial charge on any atom is -0.392 e. The minimum atomic E-state index is -4.50. The predicted molar refractivity (Wildman–Crippen MR) is 68.7 cm³/mol. The normalized spacial score (nSPS) is 11.9. The Kier molecular flexibility index (Phi) is 3.60. The standard InChI is InChI=1S/C14H15F3N2O/c1-8-9(2)18-19(10(8)3)13-5-4-11(7-20)6-12(13)14(15,16)17/h4-6,20H,7H2,1-3H3. The van der Waals surface area contributed by atoms with Crippen LogP contribution in [-0.4, -0.2) is 14.9 Å². The fourth-order valence-corrected chi connectivity index (χ4v) is 2.05. The lowest BCUT2D eigenvalue weighted by Gasteiger charge is -2.15. The predicted octanol–water partition coefficient (Wildman–Crippen LogP) is 3.31. The maximum absolute atomic E-state index is 13.2. The first-order valence-electron chi connectivity index (χ1n) is 6.10. The van der Waals surface area contributed by atoms with Gasteiger partial charge in [-0.15, -0.1) is 0 Å². The van der Waals surface area contributed by atoms with Gasteiger partial charge in [0.15, 0.2) is 0 Å². The number of aryl methyl sites for hydroxylation is 1. The van der Waals surface area contributed by atoms with Crippen LogP contribution < -0.4 is 0 Å². The second-order valence-corrected chi connectivity index (χ2v) is 4.71. The van der Waals surface area contributed by atoms with Gasteiger partial charge in [0.25, 0.3) is 0 Å². The summed E-state index contributed by atoms with van der Waals surface area (Å²) in [5, 5.41) is 13.2. The number of alkyl halides is 3. The van der Waals surface area contributed by atoms with E-state index in [1.54, 1.807) is 13.8 Å². The van der Waals surface area contributed by atoms with E-state index in [2.05, 4.69) is 5.10 Å². The first-order chi connectivity index (χ1) is 9.25. The van der Waals surface area contributed by atoms with Crippen LogP contribution in [0.25, 0.3) is 5.69 Å². The Hall–Kier alpha value is -1.82. The summed E-state index contributed by atoms with van der Waals surface area (Å²) in [6.45, 7) is 4.88. The highest BCUT2D eigenvalue weighted by molar-refractivity contribution is 5.47. The summed E-state index contributed by atoms with van der Waals surface area (Å²) in [5.41, 5.74) is 1.63. The van der Waals surface area contributed by atoms with Crippen molar-refractivity contribution in [3.8, 4) is 5.69 Å². The molecule has 0 amide bonds. The van der Waals surface area contributed by atoms with Crippen molar-refractivity contribution in [2.24, 2.45) is 0 Å². The minimum absolute atomic E-state index is 0.0246. The van der Waals surface area contributed by atoms with Gasteiger partial charge >= 0.3 is 6.18 Å². The van der Waals surface area contributed by atoms with Crippen molar-refractivity contribution < 1.29 is 18.3 Å². The number of halogens is 3. The molecular formula is C14H15F3N2O. The van der Waals surface area contributed by atoms with E-state index in [4.69, 9.17) is 5.11 Å². The highest BCUT2D eigenvalue weighted by Crippen LogP contribution is 2.35. The second kappa shape index (κ2) is 4.94. The molecule has 0 aliphatic heterocycles. The van der Waals surface area contributed by atoms with E-state index in [-0.39, 0.29) is 11.3 Å². The molecule has 20 heavy (non-hydrogen) atoms. The highest BCUT2D eigenvalue weighted by atomic mass is 19.4. The number of aromatic nitrogens is 2. The number of benzene rings is 1. The van der Waals surface area contributed by atoms with Gasteiger partial charge in [-0.25, -0.2) is 4.68 Å². The molecule has 1 N–H and O–H groups in total. The van der Waals surface area contributed by atoms with Crippen LogP contribution in [0.1, 0.15) is 28.1 Å². The molecule has 0 fully saturated rings. The van der Waals surface area contributed by atoms with Crippen LogP contribution in [0.5, 0.6) is 0 Å². The Morgan fingerprint density at radius 3 is 2.30 bits per heavy atom. The molecular weight excluding hydrogens is 269 g/mol. The molecule has 2 aromatic rings. The third kappa shape index (κ3) is 2.43.